The quantitative estimate of drug-likeness (QED) is 0.206. The molecule has 3 unspecified atom stereocenters. The van der Waals surface area contributed by atoms with E-state index in [1.54, 1.807) is 27.7 Å². The first-order chi connectivity index (χ1) is 16.5. The number of carbonyl (C=O) groups excluding carboxylic acids is 2. The van der Waals surface area contributed by atoms with Crippen LogP contribution in [0.5, 0.6) is 0 Å². The highest BCUT2D eigenvalue weighted by Crippen LogP contribution is 2.66. The van der Waals surface area contributed by atoms with Gasteiger partial charge in [-0.25, -0.2) is 14.1 Å². The van der Waals surface area contributed by atoms with Crippen LogP contribution in [-0.2, 0) is 19.8 Å². The van der Waals surface area contributed by atoms with Gasteiger partial charge >= 0.3 is 12.1 Å². The van der Waals surface area contributed by atoms with Crippen LogP contribution in [-0.4, -0.2) is 65.3 Å². The molecular formula is C25H35FN2O6SSi. The molecule has 1 N–H and O–H groups in total. The lowest BCUT2D eigenvalue weighted by Gasteiger charge is -2.37. The molecule has 1 saturated carbocycles. The minimum atomic E-state index is -1.39. The van der Waals surface area contributed by atoms with Crippen LogP contribution in [0.2, 0.25) is 25.7 Å². The number of halogens is 1. The van der Waals surface area contributed by atoms with Gasteiger partial charge in [0.2, 0.25) is 0 Å². The molecule has 1 aromatic rings. The van der Waals surface area contributed by atoms with E-state index in [-0.39, 0.29) is 29.4 Å². The number of amides is 1. The second kappa shape index (κ2) is 9.90. The van der Waals surface area contributed by atoms with Crippen molar-refractivity contribution in [3.63, 3.8) is 0 Å². The summed E-state index contributed by atoms with van der Waals surface area (Å²) in [5.74, 6) is -2.19. The predicted octanol–water partition coefficient (Wildman–Crippen LogP) is 5.35. The Morgan fingerprint density at radius 2 is 2.00 bits per heavy atom. The Morgan fingerprint density at radius 1 is 1.33 bits per heavy atom. The molecule has 1 aliphatic carbocycles. The van der Waals surface area contributed by atoms with Gasteiger partial charge in [-0.3, -0.25) is 14.6 Å². The number of carbonyl (C=O) groups is 3. The Balaban J connectivity index is 2.05. The van der Waals surface area contributed by atoms with Gasteiger partial charge in [0.05, 0.1) is 5.54 Å². The van der Waals surface area contributed by atoms with Crippen LogP contribution in [0.4, 0.5) is 9.18 Å². The van der Waals surface area contributed by atoms with Crippen molar-refractivity contribution in [3.8, 4) is 0 Å². The molecule has 36 heavy (non-hydrogen) atoms. The van der Waals surface area contributed by atoms with E-state index in [2.05, 4.69) is 19.6 Å². The predicted molar refractivity (Wildman–Crippen MR) is 140 cm³/mol. The van der Waals surface area contributed by atoms with Crippen molar-refractivity contribution in [2.75, 3.05) is 13.3 Å². The molecular weight excluding hydrogens is 503 g/mol. The van der Waals surface area contributed by atoms with Crippen molar-refractivity contribution in [1.29, 1.82) is 0 Å². The largest absolute Gasteiger partial charge is 0.480 e. The summed E-state index contributed by atoms with van der Waals surface area (Å²) in [5.41, 5.74) is -1.77. The molecule has 0 spiro atoms. The number of nitrogens with zero attached hydrogens (tertiary/aromatic N) is 2. The van der Waals surface area contributed by atoms with Crippen LogP contribution in [0, 0.1) is 11.7 Å². The molecule has 11 heteroatoms. The summed E-state index contributed by atoms with van der Waals surface area (Å²) in [6.45, 7) is 13.7. The first-order valence-corrected chi connectivity index (χ1v) is 16.4. The summed E-state index contributed by atoms with van der Waals surface area (Å²) in [4.78, 5) is 43.0. The number of aliphatic carboxylic acids is 1. The number of carboxylic acids is 1. The second-order valence-electron chi connectivity index (χ2n) is 11.7. The standard InChI is InChI=1S/C25H35FN2O6SSi/c1-23(2,3)34-22(32)28(15-33-10-11-36(5,6)7)21-27-24(4,19-13-25(19,35-21)20(30)31)17-12-16(14-29)8-9-18(17)26/h8-9,12,14,19H,10-11,13,15H2,1-7H3,(H,30,31). The highest BCUT2D eigenvalue weighted by Gasteiger charge is 2.72. The maximum atomic E-state index is 15.1. The van der Waals surface area contributed by atoms with Gasteiger partial charge in [-0.15, -0.1) is 0 Å². The van der Waals surface area contributed by atoms with Crippen LogP contribution >= 0.6 is 11.8 Å². The molecule has 2 aliphatic rings. The Morgan fingerprint density at radius 3 is 2.56 bits per heavy atom. The smallest absolute Gasteiger partial charge is 0.418 e. The lowest BCUT2D eigenvalue weighted by atomic mass is 9.85. The fourth-order valence-corrected chi connectivity index (χ4v) is 6.42. The van der Waals surface area contributed by atoms with E-state index in [4.69, 9.17) is 14.5 Å². The summed E-state index contributed by atoms with van der Waals surface area (Å²) in [7, 11) is -1.39. The van der Waals surface area contributed by atoms with Gasteiger partial charge in [0.15, 0.2) is 5.17 Å². The Kier molecular flexibility index (Phi) is 7.79. The number of benzene rings is 1. The van der Waals surface area contributed by atoms with Crippen molar-refractivity contribution in [3.05, 3.63) is 35.1 Å². The highest BCUT2D eigenvalue weighted by atomic mass is 32.2. The van der Waals surface area contributed by atoms with E-state index in [0.29, 0.717) is 12.9 Å². The third kappa shape index (κ3) is 6.00. The minimum absolute atomic E-state index is 0.0896. The number of hydrogen-bond acceptors (Lipinski definition) is 7. The van der Waals surface area contributed by atoms with Gasteiger partial charge in [0.25, 0.3) is 0 Å². The molecule has 0 radical (unpaired) electrons. The van der Waals surface area contributed by atoms with Crippen molar-refractivity contribution >= 4 is 43.4 Å². The monoisotopic (exact) mass is 538 g/mol. The molecule has 3 rings (SSSR count). The molecule has 1 fully saturated rings. The zero-order valence-electron chi connectivity index (χ0n) is 21.9. The third-order valence-corrected chi connectivity index (χ3v) is 9.47. The van der Waals surface area contributed by atoms with Crippen LogP contribution < -0.4 is 0 Å². The molecule has 0 bridgehead atoms. The summed E-state index contributed by atoms with van der Waals surface area (Å²) < 4.78 is 25.2. The van der Waals surface area contributed by atoms with Crippen molar-refractivity contribution < 1.29 is 33.4 Å². The van der Waals surface area contributed by atoms with Gasteiger partial charge in [-0.05, 0) is 58.4 Å². The van der Waals surface area contributed by atoms with Crippen molar-refractivity contribution in [2.45, 2.75) is 75.7 Å². The number of amidine groups is 1. The van der Waals surface area contributed by atoms with E-state index < -0.39 is 47.8 Å². The molecule has 0 saturated heterocycles. The summed E-state index contributed by atoms with van der Waals surface area (Å²) >= 11 is 0.967. The van der Waals surface area contributed by atoms with Gasteiger partial charge in [-0.1, -0.05) is 31.4 Å². The first kappa shape index (κ1) is 28.3. The summed E-state index contributed by atoms with van der Waals surface area (Å²) in [6, 6.07) is 4.80. The number of ether oxygens (including phenoxy) is 2. The first-order valence-electron chi connectivity index (χ1n) is 11.9. The lowest BCUT2D eigenvalue weighted by molar-refractivity contribution is -0.137. The molecule has 8 nitrogen and oxygen atoms in total. The van der Waals surface area contributed by atoms with Crippen LogP contribution in [0.25, 0.3) is 0 Å². The number of fused-ring (bicyclic) bond motifs is 1. The molecule has 1 heterocycles. The second-order valence-corrected chi connectivity index (χ2v) is 18.6. The Bertz CT molecular complexity index is 1090. The average molecular weight is 539 g/mol. The number of thioether (sulfide) groups is 1. The molecule has 198 valence electrons. The molecule has 0 aromatic heterocycles. The van der Waals surface area contributed by atoms with E-state index in [9.17, 15) is 19.5 Å². The van der Waals surface area contributed by atoms with E-state index in [1.165, 1.54) is 23.1 Å². The molecule has 1 aromatic carbocycles. The van der Waals surface area contributed by atoms with Crippen LogP contribution in [0.15, 0.2) is 23.2 Å². The summed E-state index contributed by atoms with van der Waals surface area (Å²) in [6.07, 6.45) is 0.108. The zero-order valence-corrected chi connectivity index (χ0v) is 23.7. The number of hydrogen-bond donors (Lipinski definition) is 1. The number of carboxylic acid groups (broad SMARTS) is 1. The Hall–Kier alpha value is -2.24. The van der Waals surface area contributed by atoms with E-state index in [1.807, 2.05) is 0 Å². The van der Waals surface area contributed by atoms with Crippen molar-refractivity contribution in [1.82, 2.24) is 4.90 Å². The highest BCUT2D eigenvalue weighted by molar-refractivity contribution is 8.15. The van der Waals surface area contributed by atoms with Crippen LogP contribution in [0.3, 0.4) is 0 Å². The van der Waals surface area contributed by atoms with Gasteiger partial charge < -0.3 is 14.6 Å². The number of rotatable bonds is 8. The fourth-order valence-electron chi connectivity index (χ4n) is 4.16. The van der Waals surface area contributed by atoms with Crippen molar-refractivity contribution in [2.24, 2.45) is 10.9 Å². The number of aldehydes is 1. The normalized spacial score (nSPS) is 25.4. The fraction of sp³-hybridized carbons (Fsp3) is 0.600. The lowest BCUT2D eigenvalue weighted by Crippen LogP contribution is -2.47. The van der Waals surface area contributed by atoms with E-state index >= 15 is 4.39 Å². The van der Waals surface area contributed by atoms with Gasteiger partial charge in [0, 0.05) is 31.7 Å². The SMILES string of the molecule is CC(C)(C)OC(=O)N(COCC[Si](C)(C)C)C1=NC(C)(c2cc(C=O)ccc2F)C2CC2(C(=O)O)S1. The number of aliphatic imine (C=N–C) groups is 1. The molecule has 1 aliphatic heterocycles. The maximum Gasteiger partial charge on any atom is 0.418 e. The third-order valence-electron chi connectivity index (χ3n) is 6.29. The zero-order chi connectivity index (χ0) is 27.1. The minimum Gasteiger partial charge on any atom is -0.480 e. The molecule has 3 atom stereocenters. The van der Waals surface area contributed by atoms with Gasteiger partial charge in [0.1, 0.15) is 29.2 Å². The molecule has 1 amide bonds. The van der Waals surface area contributed by atoms with E-state index in [0.717, 1.165) is 17.8 Å². The Labute approximate surface area is 216 Å². The van der Waals surface area contributed by atoms with Crippen LogP contribution in [0.1, 0.15) is 50.0 Å². The summed E-state index contributed by atoms with van der Waals surface area (Å²) in [5, 5.41) is 10.2. The maximum absolute atomic E-state index is 15.1. The topological polar surface area (TPSA) is 105 Å². The average Bonchev–Trinajstić information content (AvgIpc) is 3.49. The van der Waals surface area contributed by atoms with Gasteiger partial charge in [-0.2, -0.15) is 0 Å².